The second-order valence-electron chi connectivity index (χ2n) is 3.58. The summed E-state index contributed by atoms with van der Waals surface area (Å²) in [5.41, 5.74) is -1.60. The Morgan fingerprint density at radius 2 is 1.78 bits per heavy atom. The van der Waals surface area contributed by atoms with Gasteiger partial charge in [0.05, 0.1) is 30.4 Å². The van der Waals surface area contributed by atoms with Crippen LogP contribution in [0.1, 0.15) is 15.9 Å². The summed E-state index contributed by atoms with van der Waals surface area (Å²) >= 11 is 0. The summed E-state index contributed by atoms with van der Waals surface area (Å²) < 4.78 is 37.9. The maximum atomic E-state index is 12.6. The van der Waals surface area contributed by atoms with Gasteiger partial charge in [-0.25, -0.2) is 0 Å². The molecule has 18 heavy (non-hydrogen) atoms. The van der Waals surface area contributed by atoms with Crippen LogP contribution in [0.3, 0.4) is 0 Å². The summed E-state index contributed by atoms with van der Waals surface area (Å²) in [4.78, 5) is 11.6. The highest BCUT2D eigenvalue weighted by Gasteiger charge is 2.35. The van der Waals surface area contributed by atoms with Gasteiger partial charge in [0.1, 0.15) is 0 Å². The van der Waals surface area contributed by atoms with Crippen molar-refractivity contribution in [1.82, 2.24) is 5.32 Å². The Labute approximate surface area is 101 Å². The average molecular weight is 263 g/mol. The summed E-state index contributed by atoms with van der Waals surface area (Å²) in [6.45, 7) is -1.12. The van der Waals surface area contributed by atoms with Gasteiger partial charge in [-0.1, -0.05) is 12.1 Å². The molecule has 4 nitrogen and oxygen atoms in total. The van der Waals surface area contributed by atoms with Crippen molar-refractivity contribution in [3.05, 3.63) is 35.4 Å². The maximum absolute atomic E-state index is 12.6. The molecule has 0 aliphatic rings. The first-order valence-corrected chi connectivity index (χ1v) is 5.09. The van der Waals surface area contributed by atoms with Gasteiger partial charge in [-0.05, 0) is 12.1 Å². The molecule has 0 unspecified atom stereocenters. The van der Waals surface area contributed by atoms with E-state index in [2.05, 4.69) is 5.32 Å². The van der Waals surface area contributed by atoms with Crippen molar-refractivity contribution in [2.24, 2.45) is 0 Å². The SMILES string of the molecule is O=C(NC(CO)CO)c1ccccc1C(F)(F)F. The second kappa shape index (κ2) is 5.83. The van der Waals surface area contributed by atoms with E-state index in [-0.39, 0.29) is 0 Å². The third-order valence-electron chi connectivity index (χ3n) is 2.25. The largest absolute Gasteiger partial charge is 0.417 e. The van der Waals surface area contributed by atoms with Gasteiger partial charge in [-0.3, -0.25) is 4.79 Å². The smallest absolute Gasteiger partial charge is 0.394 e. The van der Waals surface area contributed by atoms with Crippen LogP contribution >= 0.6 is 0 Å². The third kappa shape index (κ3) is 3.44. The Hall–Kier alpha value is -1.60. The zero-order valence-electron chi connectivity index (χ0n) is 9.24. The number of halogens is 3. The van der Waals surface area contributed by atoms with Crippen LogP contribution in [0.15, 0.2) is 24.3 Å². The van der Waals surface area contributed by atoms with E-state index in [1.54, 1.807) is 0 Å². The van der Waals surface area contributed by atoms with Crippen molar-refractivity contribution >= 4 is 5.91 Å². The first kappa shape index (κ1) is 14.5. The predicted octanol–water partition coefficient (Wildman–Crippen LogP) is 0.788. The molecule has 0 saturated carbocycles. The molecule has 0 aliphatic carbocycles. The average Bonchev–Trinajstić information content (AvgIpc) is 2.34. The van der Waals surface area contributed by atoms with Crippen LogP contribution in [0.25, 0.3) is 0 Å². The number of benzene rings is 1. The normalized spacial score (nSPS) is 11.7. The summed E-state index contributed by atoms with van der Waals surface area (Å²) in [6.07, 6.45) is -4.64. The molecule has 7 heteroatoms. The number of amides is 1. The molecule has 1 amide bonds. The molecule has 0 atom stereocenters. The maximum Gasteiger partial charge on any atom is 0.417 e. The van der Waals surface area contributed by atoms with Gasteiger partial charge in [-0.2, -0.15) is 13.2 Å². The van der Waals surface area contributed by atoms with Gasteiger partial charge in [-0.15, -0.1) is 0 Å². The van der Waals surface area contributed by atoms with Gasteiger partial charge in [0.15, 0.2) is 0 Å². The first-order valence-electron chi connectivity index (χ1n) is 5.09. The molecule has 0 aromatic heterocycles. The van der Waals surface area contributed by atoms with Crippen LogP contribution in [-0.2, 0) is 6.18 Å². The lowest BCUT2D eigenvalue weighted by molar-refractivity contribution is -0.137. The topological polar surface area (TPSA) is 69.6 Å². The van der Waals surface area contributed by atoms with Crippen LogP contribution in [0.5, 0.6) is 0 Å². The highest BCUT2D eigenvalue weighted by atomic mass is 19.4. The molecule has 1 aromatic carbocycles. The minimum absolute atomic E-state index is 0.545. The molecule has 0 fully saturated rings. The van der Waals surface area contributed by atoms with E-state index < -0.39 is 42.5 Å². The number of aliphatic hydroxyl groups excluding tert-OH is 2. The van der Waals surface area contributed by atoms with E-state index in [0.717, 1.165) is 12.1 Å². The fourth-order valence-corrected chi connectivity index (χ4v) is 1.34. The molecule has 0 heterocycles. The molecule has 0 aliphatic heterocycles. The molecule has 100 valence electrons. The van der Waals surface area contributed by atoms with Crippen LogP contribution in [-0.4, -0.2) is 35.4 Å². The first-order chi connectivity index (χ1) is 8.40. The molecule has 0 radical (unpaired) electrons. The quantitative estimate of drug-likeness (QED) is 0.752. The molecule has 0 bridgehead atoms. The zero-order valence-corrected chi connectivity index (χ0v) is 9.24. The Balaban J connectivity index is 2.99. The Morgan fingerprint density at radius 1 is 1.22 bits per heavy atom. The van der Waals surface area contributed by atoms with Crippen molar-refractivity contribution in [2.75, 3.05) is 13.2 Å². The minimum atomic E-state index is -4.64. The highest BCUT2D eigenvalue weighted by Crippen LogP contribution is 2.31. The molecule has 0 saturated heterocycles. The van der Waals surface area contributed by atoms with Crippen LogP contribution in [0.2, 0.25) is 0 Å². The number of carbonyl (C=O) groups excluding carboxylic acids is 1. The van der Waals surface area contributed by atoms with E-state index in [1.165, 1.54) is 12.1 Å². The minimum Gasteiger partial charge on any atom is -0.394 e. The third-order valence-corrected chi connectivity index (χ3v) is 2.25. The van der Waals surface area contributed by atoms with Crippen LogP contribution in [0, 0.1) is 0 Å². The Morgan fingerprint density at radius 3 is 2.28 bits per heavy atom. The monoisotopic (exact) mass is 263 g/mol. The van der Waals surface area contributed by atoms with E-state index in [0.29, 0.717) is 0 Å². The van der Waals surface area contributed by atoms with Crippen molar-refractivity contribution in [3.63, 3.8) is 0 Å². The number of aliphatic hydroxyl groups is 2. The van der Waals surface area contributed by atoms with Gasteiger partial charge in [0.2, 0.25) is 0 Å². The van der Waals surface area contributed by atoms with E-state index in [9.17, 15) is 18.0 Å². The van der Waals surface area contributed by atoms with E-state index in [4.69, 9.17) is 10.2 Å². The fourth-order valence-electron chi connectivity index (χ4n) is 1.34. The lowest BCUT2D eigenvalue weighted by atomic mass is 10.1. The predicted molar refractivity (Wildman–Crippen MR) is 56.9 cm³/mol. The van der Waals surface area contributed by atoms with Gasteiger partial charge >= 0.3 is 6.18 Å². The zero-order chi connectivity index (χ0) is 13.8. The number of rotatable bonds is 4. The molecule has 3 N–H and O–H groups in total. The standard InChI is InChI=1S/C11H12F3NO3/c12-11(13,14)9-4-2-1-3-8(9)10(18)15-7(5-16)6-17/h1-4,7,16-17H,5-6H2,(H,15,18). The number of alkyl halides is 3. The highest BCUT2D eigenvalue weighted by molar-refractivity contribution is 5.96. The fraction of sp³-hybridized carbons (Fsp3) is 0.364. The van der Waals surface area contributed by atoms with Crippen LogP contribution in [0.4, 0.5) is 13.2 Å². The molecule has 1 aromatic rings. The Bertz CT molecular complexity index is 416. The number of hydrogen-bond acceptors (Lipinski definition) is 3. The van der Waals surface area contributed by atoms with Crippen molar-refractivity contribution < 1.29 is 28.2 Å². The lowest BCUT2D eigenvalue weighted by Gasteiger charge is -2.16. The molecular formula is C11H12F3NO3. The van der Waals surface area contributed by atoms with E-state index in [1.807, 2.05) is 0 Å². The van der Waals surface area contributed by atoms with Gasteiger partial charge in [0.25, 0.3) is 5.91 Å². The number of hydrogen-bond donors (Lipinski definition) is 3. The second-order valence-corrected chi connectivity index (χ2v) is 3.58. The number of nitrogens with one attached hydrogen (secondary N) is 1. The number of carbonyl (C=O) groups is 1. The summed E-state index contributed by atoms with van der Waals surface area (Å²) in [5.74, 6) is -0.990. The lowest BCUT2D eigenvalue weighted by Crippen LogP contribution is -2.40. The molecule has 1 rings (SSSR count). The molecular weight excluding hydrogens is 251 g/mol. The van der Waals surface area contributed by atoms with Crippen molar-refractivity contribution in [2.45, 2.75) is 12.2 Å². The van der Waals surface area contributed by atoms with Crippen molar-refractivity contribution in [3.8, 4) is 0 Å². The summed E-state index contributed by atoms with van der Waals surface area (Å²) in [6, 6.07) is 3.32. The molecule has 0 spiro atoms. The van der Waals surface area contributed by atoms with Gasteiger partial charge < -0.3 is 15.5 Å². The van der Waals surface area contributed by atoms with Crippen molar-refractivity contribution in [1.29, 1.82) is 0 Å². The van der Waals surface area contributed by atoms with E-state index >= 15 is 0 Å². The Kier molecular flexibility index (Phi) is 4.69. The summed E-state index contributed by atoms with van der Waals surface area (Å²) in [5, 5.41) is 19.6. The van der Waals surface area contributed by atoms with Gasteiger partial charge in [0, 0.05) is 0 Å². The summed E-state index contributed by atoms with van der Waals surface area (Å²) in [7, 11) is 0. The van der Waals surface area contributed by atoms with Crippen LogP contribution < -0.4 is 5.32 Å².